The van der Waals surface area contributed by atoms with Crippen LogP contribution in [0.1, 0.15) is 26.3 Å². The zero-order valence-electron chi connectivity index (χ0n) is 11.7. The van der Waals surface area contributed by atoms with Crippen molar-refractivity contribution in [3.63, 3.8) is 0 Å². The molecule has 0 aliphatic carbocycles. The molecule has 0 heterocycles. The van der Waals surface area contributed by atoms with Gasteiger partial charge >= 0.3 is 6.09 Å². The molecule has 0 atom stereocenters. The lowest BCUT2D eigenvalue weighted by Crippen LogP contribution is -2.33. The predicted octanol–water partition coefficient (Wildman–Crippen LogP) is 3.52. The summed E-state index contributed by atoms with van der Waals surface area (Å²) in [6.07, 6.45) is 0.334. The van der Waals surface area contributed by atoms with E-state index in [0.29, 0.717) is 6.54 Å². The van der Waals surface area contributed by atoms with Gasteiger partial charge < -0.3 is 14.8 Å². The molecule has 1 N–H and O–H groups in total. The van der Waals surface area contributed by atoms with Crippen molar-refractivity contribution in [3.8, 4) is 5.75 Å². The van der Waals surface area contributed by atoms with E-state index < -0.39 is 11.7 Å². The first-order chi connectivity index (χ1) is 8.81. The van der Waals surface area contributed by atoms with Crippen LogP contribution in [-0.2, 0) is 11.2 Å². The Morgan fingerprint density at radius 1 is 1.37 bits per heavy atom. The maximum Gasteiger partial charge on any atom is 0.407 e. The highest BCUT2D eigenvalue weighted by Gasteiger charge is 2.15. The highest BCUT2D eigenvalue weighted by Crippen LogP contribution is 2.23. The number of amides is 1. The number of carbonyl (C=O) groups excluding carboxylic acids is 1. The van der Waals surface area contributed by atoms with Crippen molar-refractivity contribution in [1.29, 1.82) is 0 Å². The van der Waals surface area contributed by atoms with Crippen LogP contribution in [0.25, 0.3) is 0 Å². The van der Waals surface area contributed by atoms with Gasteiger partial charge in [0.1, 0.15) is 11.4 Å². The number of nitrogens with one attached hydrogen (secondary N) is 1. The Morgan fingerprint density at radius 2 is 2.05 bits per heavy atom. The number of hydrogen-bond donors (Lipinski definition) is 1. The minimum absolute atomic E-state index is 0.392. The Balaban J connectivity index is 2.43. The van der Waals surface area contributed by atoms with Crippen molar-refractivity contribution in [2.24, 2.45) is 0 Å². The summed E-state index contributed by atoms with van der Waals surface area (Å²) < 4.78 is 11.3. The minimum atomic E-state index is -0.467. The Kier molecular flexibility index (Phi) is 5.66. The van der Waals surface area contributed by atoms with Gasteiger partial charge in [0.15, 0.2) is 0 Å². The van der Waals surface area contributed by atoms with E-state index >= 15 is 0 Å². The Hall–Kier alpha value is -1.23. The van der Waals surface area contributed by atoms with Gasteiger partial charge in [-0.15, -0.1) is 0 Å². The molecule has 1 amide bonds. The zero-order chi connectivity index (χ0) is 14.5. The quantitative estimate of drug-likeness (QED) is 0.919. The van der Waals surface area contributed by atoms with Gasteiger partial charge in [0.05, 0.1) is 7.11 Å². The first-order valence-corrected chi connectivity index (χ1v) is 6.90. The van der Waals surface area contributed by atoms with Crippen LogP contribution in [0.4, 0.5) is 4.79 Å². The standard InChI is InChI=1S/C14H20BrNO3/c1-14(2,3)19-13(17)16-8-7-10-5-6-11(18-4)9-12(10)15/h5-6,9H,7-8H2,1-4H3,(H,16,17). The summed E-state index contributed by atoms with van der Waals surface area (Å²) >= 11 is 3.48. The van der Waals surface area contributed by atoms with Gasteiger partial charge in [0.2, 0.25) is 0 Å². The molecule has 0 fully saturated rings. The van der Waals surface area contributed by atoms with E-state index in [1.165, 1.54) is 0 Å². The van der Waals surface area contributed by atoms with Gasteiger partial charge in [-0.1, -0.05) is 22.0 Å². The third kappa shape index (κ3) is 5.96. The number of alkyl carbamates (subject to hydrolysis) is 1. The van der Waals surface area contributed by atoms with Gasteiger partial charge in [-0.05, 0) is 44.9 Å². The summed E-state index contributed by atoms with van der Waals surface area (Å²) in [6.45, 7) is 6.05. The van der Waals surface area contributed by atoms with Gasteiger partial charge in [0, 0.05) is 11.0 Å². The average Bonchev–Trinajstić information content (AvgIpc) is 2.28. The summed E-state index contributed by atoms with van der Waals surface area (Å²) in [5.41, 5.74) is 0.641. The van der Waals surface area contributed by atoms with E-state index in [1.54, 1.807) is 7.11 Å². The summed E-state index contributed by atoms with van der Waals surface area (Å²) in [6, 6.07) is 5.77. The lowest BCUT2D eigenvalue weighted by Gasteiger charge is -2.19. The number of halogens is 1. The number of benzene rings is 1. The molecule has 0 aliphatic rings. The van der Waals surface area contributed by atoms with Crippen LogP contribution in [-0.4, -0.2) is 25.3 Å². The van der Waals surface area contributed by atoms with E-state index in [0.717, 1.165) is 22.2 Å². The first kappa shape index (κ1) is 15.8. The molecule has 1 rings (SSSR count). The van der Waals surface area contributed by atoms with Crippen molar-refractivity contribution in [2.45, 2.75) is 32.8 Å². The molecule has 0 bridgehead atoms. The number of rotatable bonds is 4. The lowest BCUT2D eigenvalue weighted by molar-refractivity contribution is 0.0528. The maximum atomic E-state index is 11.5. The Morgan fingerprint density at radius 3 is 2.58 bits per heavy atom. The Labute approximate surface area is 122 Å². The molecule has 1 aromatic carbocycles. The highest BCUT2D eigenvalue weighted by molar-refractivity contribution is 9.10. The topological polar surface area (TPSA) is 47.6 Å². The molecule has 0 saturated carbocycles. The summed E-state index contributed by atoms with van der Waals surface area (Å²) in [5, 5.41) is 2.73. The molecule has 0 radical (unpaired) electrons. The van der Waals surface area contributed by atoms with E-state index in [2.05, 4.69) is 21.2 Å². The summed E-state index contributed by atoms with van der Waals surface area (Å²) in [7, 11) is 1.63. The van der Waals surface area contributed by atoms with Crippen LogP contribution in [0.2, 0.25) is 0 Å². The predicted molar refractivity (Wildman–Crippen MR) is 78.6 cm³/mol. The zero-order valence-corrected chi connectivity index (χ0v) is 13.3. The molecule has 0 aromatic heterocycles. The third-order valence-electron chi connectivity index (χ3n) is 2.32. The van der Waals surface area contributed by atoms with E-state index in [4.69, 9.17) is 9.47 Å². The molecule has 19 heavy (non-hydrogen) atoms. The van der Waals surface area contributed by atoms with Crippen LogP contribution in [0, 0.1) is 0 Å². The molecule has 0 spiro atoms. The molecule has 0 unspecified atom stereocenters. The van der Waals surface area contributed by atoms with E-state index in [1.807, 2.05) is 39.0 Å². The molecule has 0 saturated heterocycles. The molecular formula is C14H20BrNO3. The van der Waals surface area contributed by atoms with E-state index in [9.17, 15) is 4.79 Å². The smallest absolute Gasteiger partial charge is 0.407 e. The summed E-state index contributed by atoms with van der Waals surface area (Å²) in [5.74, 6) is 0.802. The summed E-state index contributed by atoms with van der Waals surface area (Å²) in [4.78, 5) is 11.5. The fourth-order valence-corrected chi connectivity index (χ4v) is 2.03. The number of hydrogen-bond acceptors (Lipinski definition) is 3. The average molecular weight is 330 g/mol. The molecule has 106 valence electrons. The molecule has 0 aliphatic heterocycles. The molecule has 5 heteroatoms. The largest absolute Gasteiger partial charge is 0.497 e. The van der Waals surface area contributed by atoms with Crippen molar-refractivity contribution >= 4 is 22.0 Å². The van der Waals surface area contributed by atoms with Crippen molar-refractivity contribution in [3.05, 3.63) is 28.2 Å². The normalized spacial score (nSPS) is 11.0. The fraction of sp³-hybridized carbons (Fsp3) is 0.500. The van der Waals surface area contributed by atoms with Crippen LogP contribution in [0.15, 0.2) is 22.7 Å². The highest BCUT2D eigenvalue weighted by atomic mass is 79.9. The van der Waals surface area contributed by atoms with Crippen LogP contribution < -0.4 is 10.1 Å². The fourth-order valence-electron chi connectivity index (χ4n) is 1.47. The van der Waals surface area contributed by atoms with Gasteiger partial charge in [-0.3, -0.25) is 0 Å². The van der Waals surface area contributed by atoms with Crippen molar-refractivity contribution in [1.82, 2.24) is 5.32 Å². The van der Waals surface area contributed by atoms with Crippen LogP contribution in [0.5, 0.6) is 5.75 Å². The lowest BCUT2D eigenvalue weighted by atomic mass is 10.1. The molecule has 4 nitrogen and oxygen atoms in total. The number of ether oxygens (including phenoxy) is 2. The third-order valence-corrected chi connectivity index (χ3v) is 3.06. The second-order valence-electron chi connectivity index (χ2n) is 5.14. The number of carbonyl (C=O) groups is 1. The van der Waals surface area contributed by atoms with Crippen molar-refractivity contribution < 1.29 is 14.3 Å². The molecular weight excluding hydrogens is 310 g/mol. The number of methoxy groups -OCH3 is 1. The monoisotopic (exact) mass is 329 g/mol. The second-order valence-corrected chi connectivity index (χ2v) is 5.99. The minimum Gasteiger partial charge on any atom is -0.497 e. The van der Waals surface area contributed by atoms with Gasteiger partial charge in [-0.25, -0.2) is 4.79 Å². The van der Waals surface area contributed by atoms with Gasteiger partial charge in [-0.2, -0.15) is 0 Å². The first-order valence-electron chi connectivity index (χ1n) is 6.11. The van der Waals surface area contributed by atoms with Gasteiger partial charge in [0.25, 0.3) is 0 Å². The van der Waals surface area contributed by atoms with Crippen LogP contribution in [0.3, 0.4) is 0 Å². The second kappa shape index (κ2) is 6.80. The maximum absolute atomic E-state index is 11.5. The Bertz CT molecular complexity index is 441. The van der Waals surface area contributed by atoms with Crippen LogP contribution >= 0.6 is 15.9 Å². The van der Waals surface area contributed by atoms with Crippen molar-refractivity contribution in [2.75, 3.05) is 13.7 Å². The van der Waals surface area contributed by atoms with E-state index in [-0.39, 0.29) is 0 Å². The SMILES string of the molecule is COc1ccc(CCNC(=O)OC(C)(C)C)c(Br)c1. The molecule has 1 aromatic rings.